The van der Waals surface area contributed by atoms with Crippen LogP contribution in [0.5, 0.6) is 0 Å². The van der Waals surface area contributed by atoms with Crippen molar-refractivity contribution in [2.24, 2.45) is 5.92 Å². The molecular formula is C11H15N3O3. The summed E-state index contributed by atoms with van der Waals surface area (Å²) >= 11 is 0. The lowest BCUT2D eigenvalue weighted by Crippen LogP contribution is -2.15. The fourth-order valence-electron chi connectivity index (χ4n) is 1.34. The number of hydrogen-bond donors (Lipinski definition) is 1. The summed E-state index contributed by atoms with van der Waals surface area (Å²) < 4.78 is 0. The van der Waals surface area contributed by atoms with E-state index in [0.29, 0.717) is 17.8 Å². The third-order valence-corrected chi connectivity index (χ3v) is 2.13. The second-order valence-corrected chi connectivity index (χ2v) is 4.26. The molecule has 1 aromatic heterocycles. The highest BCUT2D eigenvalue weighted by atomic mass is 16.6. The molecule has 1 N–H and O–H groups in total. The van der Waals surface area contributed by atoms with E-state index in [1.165, 1.54) is 6.07 Å². The van der Waals surface area contributed by atoms with Crippen LogP contribution in [-0.2, 0) is 4.79 Å². The minimum Gasteiger partial charge on any atom is -0.310 e. The second-order valence-electron chi connectivity index (χ2n) is 4.26. The van der Waals surface area contributed by atoms with Gasteiger partial charge in [0.05, 0.1) is 4.92 Å². The lowest BCUT2D eigenvalue weighted by Gasteiger charge is -2.08. The highest BCUT2D eigenvalue weighted by Crippen LogP contribution is 2.18. The van der Waals surface area contributed by atoms with Crippen molar-refractivity contribution in [2.75, 3.05) is 5.32 Å². The molecule has 0 aliphatic heterocycles. The van der Waals surface area contributed by atoms with Gasteiger partial charge in [-0.3, -0.25) is 14.9 Å². The van der Waals surface area contributed by atoms with Gasteiger partial charge in [0.15, 0.2) is 0 Å². The number of carbonyl (C=O) groups excluding carboxylic acids is 1. The van der Waals surface area contributed by atoms with Gasteiger partial charge >= 0.3 is 0 Å². The number of carbonyl (C=O) groups is 1. The lowest BCUT2D eigenvalue weighted by atomic mass is 10.1. The van der Waals surface area contributed by atoms with E-state index in [1.54, 1.807) is 6.92 Å². The summed E-state index contributed by atoms with van der Waals surface area (Å²) in [5.41, 5.74) is 0.501. The Hall–Kier alpha value is -1.98. The van der Waals surface area contributed by atoms with Gasteiger partial charge in [0.2, 0.25) is 5.91 Å². The first-order chi connectivity index (χ1) is 7.90. The van der Waals surface area contributed by atoms with Gasteiger partial charge in [-0.2, -0.15) is 0 Å². The van der Waals surface area contributed by atoms with E-state index in [4.69, 9.17) is 0 Å². The van der Waals surface area contributed by atoms with Crippen LogP contribution in [0.2, 0.25) is 0 Å². The molecule has 92 valence electrons. The molecule has 0 aromatic carbocycles. The molecule has 1 aromatic rings. The normalized spacial score (nSPS) is 10.4. The molecule has 6 nitrogen and oxygen atoms in total. The minimum absolute atomic E-state index is 0.0793. The Balaban J connectivity index is 2.79. The third kappa shape index (κ3) is 3.82. The average molecular weight is 237 g/mol. The van der Waals surface area contributed by atoms with E-state index in [-0.39, 0.29) is 17.5 Å². The first-order valence-corrected chi connectivity index (χ1v) is 5.31. The van der Waals surface area contributed by atoms with Crippen molar-refractivity contribution < 1.29 is 9.72 Å². The van der Waals surface area contributed by atoms with E-state index >= 15 is 0 Å². The number of rotatable bonds is 4. The molecule has 0 saturated heterocycles. The molecule has 0 bridgehead atoms. The second kappa shape index (κ2) is 5.38. The molecule has 0 fully saturated rings. The quantitative estimate of drug-likeness (QED) is 0.643. The Bertz CT molecular complexity index is 444. The molecule has 0 aliphatic rings. The average Bonchev–Trinajstić information content (AvgIpc) is 2.19. The summed E-state index contributed by atoms with van der Waals surface area (Å²) in [7, 11) is 0. The topological polar surface area (TPSA) is 85.1 Å². The van der Waals surface area contributed by atoms with Gasteiger partial charge in [-0.15, -0.1) is 0 Å². The molecule has 0 aliphatic carbocycles. The molecule has 6 heteroatoms. The molecule has 0 unspecified atom stereocenters. The fraction of sp³-hybridized carbons (Fsp3) is 0.455. The Kier molecular flexibility index (Phi) is 4.14. The Labute approximate surface area is 99.2 Å². The number of nitro groups is 1. The number of nitrogens with zero attached hydrogens (tertiary/aromatic N) is 2. The molecule has 1 rings (SSSR count). The van der Waals surface area contributed by atoms with Crippen LogP contribution in [0.3, 0.4) is 0 Å². The van der Waals surface area contributed by atoms with E-state index in [2.05, 4.69) is 10.3 Å². The van der Waals surface area contributed by atoms with Gasteiger partial charge in [-0.1, -0.05) is 13.8 Å². The van der Waals surface area contributed by atoms with Crippen molar-refractivity contribution in [2.45, 2.75) is 27.2 Å². The van der Waals surface area contributed by atoms with Crippen LogP contribution in [0.25, 0.3) is 0 Å². The van der Waals surface area contributed by atoms with Crippen molar-refractivity contribution in [3.63, 3.8) is 0 Å². The molecule has 0 saturated carbocycles. The van der Waals surface area contributed by atoms with Crippen molar-refractivity contribution in [1.29, 1.82) is 0 Å². The smallest absolute Gasteiger partial charge is 0.287 e. The van der Waals surface area contributed by atoms with Crippen LogP contribution in [0.1, 0.15) is 25.8 Å². The Morgan fingerprint density at radius 2 is 2.24 bits per heavy atom. The maximum absolute atomic E-state index is 11.5. The zero-order valence-corrected chi connectivity index (χ0v) is 10.1. The highest BCUT2D eigenvalue weighted by Gasteiger charge is 2.12. The lowest BCUT2D eigenvalue weighted by molar-refractivity contribution is -0.385. The molecule has 0 radical (unpaired) electrons. The van der Waals surface area contributed by atoms with E-state index in [1.807, 2.05) is 13.8 Å². The number of nitrogens with one attached hydrogen (secondary N) is 1. The Morgan fingerprint density at radius 1 is 1.59 bits per heavy atom. The standard InChI is InChI=1S/C11H15N3O3/c1-7(2)4-10(15)13-11-8(3)5-9(6-12-11)14(16)17/h5-7H,4H2,1-3H3,(H,12,13,15). The van der Waals surface area contributed by atoms with Crippen LogP contribution >= 0.6 is 0 Å². The van der Waals surface area contributed by atoms with Crippen LogP contribution in [0, 0.1) is 23.0 Å². The zero-order chi connectivity index (χ0) is 13.0. The van der Waals surface area contributed by atoms with Gasteiger partial charge in [-0.25, -0.2) is 4.98 Å². The predicted octanol–water partition coefficient (Wildman–Crippen LogP) is 2.28. The van der Waals surface area contributed by atoms with Gasteiger partial charge in [-0.05, 0) is 18.4 Å². The summed E-state index contributed by atoms with van der Waals surface area (Å²) in [6.07, 6.45) is 1.54. The number of amides is 1. The van der Waals surface area contributed by atoms with Gasteiger partial charge in [0.25, 0.3) is 5.69 Å². The summed E-state index contributed by atoms with van der Waals surface area (Å²) in [5, 5.41) is 13.1. The predicted molar refractivity (Wildman–Crippen MR) is 63.7 cm³/mol. The monoisotopic (exact) mass is 237 g/mol. The summed E-state index contributed by atoms with van der Waals surface area (Å²) in [5.74, 6) is 0.499. The summed E-state index contributed by atoms with van der Waals surface area (Å²) in [6.45, 7) is 5.55. The van der Waals surface area contributed by atoms with Gasteiger partial charge < -0.3 is 5.32 Å². The van der Waals surface area contributed by atoms with Crippen LogP contribution in [0.4, 0.5) is 11.5 Å². The number of anilines is 1. The minimum atomic E-state index is -0.514. The first kappa shape index (κ1) is 13.1. The van der Waals surface area contributed by atoms with Crippen LogP contribution < -0.4 is 5.32 Å². The largest absolute Gasteiger partial charge is 0.310 e. The molecule has 1 amide bonds. The molecule has 1 heterocycles. The van der Waals surface area contributed by atoms with Crippen molar-refractivity contribution in [1.82, 2.24) is 4.98 Å². The SMILES string of the molecule is Cc1cc([N+](=O)[O-])cnc1NC(=O)CC(C)C. The first-order valence-electron chi connectivity index (χ1n) is 5.31. The molecule has 17 heavy (non-hydrogen) atoms. The number of pyridine rings is 1. The van der Waals surface area contributed by atoms with E-state index in [9.17, 15) is 14.9 Å². The summed E-state index contributed by atoms with van der Waals surface area (Å²) in [6, 6.07) is 1.39. The maximum atomic E-state index is 11.5. The van der Waals surface area contributed by atoms with E-state index < -0.39 is 4.92 Å². The number of hydrogen-bond acceptors (Lipinski definition) is 4. The molecular weight excluding hydrogens is 222 g/mol. The zero-order valence-electron chi connectivity index (χ0n) is 10.1. The van der Waals surface area contributed by atoms with Gasteiger partial charge in [0, 0.05) is 12.5 Å². The Morgan fingerprint density at radius 3 is 2.71 bits per heavy atom. The summed E-state index contributed by atoms with van der Waals surface area (Å²) in [4.78, 5) is 25.4. The molecule has 0 spiro atoms. The maximum Gasteiger partial charge on any atom is 0.287 e. The van der Waals surface area contributed by atoms with Crippen molar-refractivity contribution in [3.05, 3.63) is 27.9 Å². The highest BCUT2D eigenvalue weighted by molar-refractivity contribution is 5.90. The molecule has 0 atom stereocenters. The van der Waals surface area contributed by atoms with Crippen molar-refractivity contribution >= 4 is 17.4 Å². The van der Waals surface area contributed by atoms with Crippen LogP contribution in [0.15, 0.2) is 12.3 Å². The number of aromatic nitrogens is 1. The van der Waals surface area contributed by atoms with Crippen LogP contribution in [-0.4, -0.2) is 15.8 Å². The third-order valence-electron chi connectivity index (χ3n) is 2.13. The number of aryl methyl sites for hydroxylation is 1. The van der Waals surface area contributed by atoms with E-state index in [0.717, 1.165) is 6.20 Å². The van der Waals surface area contributed by atoms with Gasteiger partial charge in [0.1, 0.15) is 12.0 Å². The fourth-order valence-corrected chi connectivity index (χ4v) is 1.34. The van der Waals surface area contributed by atoms with Crippen molar-refractivity contribution in [3.8, 4) is 0 Å².